The summed E-state index contributed by atoms with van der Waals surface area (Å²) in [5, 5.41) is 3.96. The van der Waals surface area contributed by atoms with Crippen molar-refractivity contribution in [3.05, 3.63) is 82.9 Å². The molecular formula is C22H22N4O2. The second-order valence-corrected chi connectivity index (χ2v) is 6.80. The van der Waals surface area contributed by atoms with Crippen molar-refractivity contribution in [3.63, 3.8) is 0 Å². The van der Waals surface area contributed by atoms with Gasteiger partial charge in [-0.25, -0.2) is 4.68 Å². The smallest absolute Gasteiger partial charge is 0.295 e. The molecule has 4 aromatic rings. The molecule has 4 rings (SSSR count). The van der Waals surface area contributed by atoms with Crippen LogP contribution in [0.5, 0.6) is 0 Å². The van der Waals surface area contributed by atoms with E-state index in [1.807, 2.05) is 80.8 Å². The molecule has 0 fully saturated rings. The number of para-hydroxylation sites is 2. The Morgan fingerprint density at radius 1 is 1.00 bits per heavy atom. The van der Waals surface area contributed by atoms with Gasteiger partial charge in [0.2, 0.25) is 5.91 Å². The van der Waals surface area contributed by atoms with E-state index < -0.39 is 0 Å². The Hall–Kier alpha value is -3.54. The number of aromatic nitrogens is 3. The van der Waals surface area contributed by atoms with Gasteiger partial charge in [-0.2, -0.15) is 0 Å². The molecule has 0 radical (unpaired) electrons. The average Bonchev–Trinajstić information content (AvgIpc) is 3.22. The Balaban J connectivity index is 1.53. The standard InChI is InChI=1S/C22H22N4O2/c1-16-21(22(28)26(24(16)2)18-9-4-3-5-10-18)23-20(27)13-15-25-14-12-17-8-6-7-11-19(17)25/h3-12,14H,13,15H2,1-2H3,(H,23,27). The number of hydrogen-bond acceptors (Lipinski definition) is 2. The summed E-state index contributed by atoms with van der Waals surface area (Å²) >= 11 is 0. The van der Waals surface area contributed by atoms with E-state index in [9.17, 15) is 9.59 Å². The average molecular weight is 374 g/mol. The third-order valence-corrected chi connectivity index (χ3v) is 5.08. The van der Waals surface area contributed by atoms with Crippen molar-refractivity contribution >= 4 is 22.5 Å². The number of nitrogens with zero attached hydrogens (tertiary/aromatic N) is 3. The fourth-order valence-corrected chi connectivity index (χ4v) is 3.47. The van der Waals surface area contributed by atoms with Gasteiger partial charge in [0.25, 0.3) is 5.56 Å². The zero-order valence-corrected chi connectivity index (χ0v) is 15.9. The number of fused-ring (bicyclic) bond motifs is 1. The predicted octanol–water partition coefficient (Wildman–Crippen LogP) is 3.47. The quantitative estimate of drug-likeness (QED) is 0.581. The summed E-state index contributed by atoms with van der Waals surface area (Å²) in [7, 11) is 1.81. The van der Waals surface area contributed by atoms with Crippen molar-refractivity contribution in [2.45, 2.75) is 19.9 Å². The largest absolute Gasteiger partial charge is 0.347 e. The summed E-state index contributed by atoms with van der Waals surface area (Å²) in [6.07, 6.45) is 2.27. The molecule has 2 aromatic heterocycles. The molecule has 0 saturated carbocycles. The normalized spacial score (nSPS) is 11.1. The Morgan fingerprint density at radius 3 is 2.50 bits per heavy atom. The van der Waals surface area contributed by atoms with Crippen LogP contribution in [0.4, 0.5) is 5.69 Å². The monoisotopic (exact) mass is 374 g/mol. The van der Waals surface area contributed by atoms with Crippen molar-refractivity contribution in [1.29, 1.82) is 0 Å². The van der Waals surface area contributed by atoms with Crippen LogP contribution in [0.15, 0.2) is 71.7 Å². The molecular weight excluding hydrogens is 352 g/mol. The van der Waals surface area contributed by atoms with E-state index in [-0.39, 0.29) is 17.9 Å². The van der Waals surface area contributed by atoms with Crippen LogP contribution < -0.4 is 10.9 Å². The molecule has 2 heterocycles. The molecule has 0 bridgehead atoms. The lowest BCUT2D eigenvalue weighted by molar-refractivity contribution is -0.116. The van der Waals surface area contributed by atoms with Gasteiger partial charge in [0, 0.05) is 31.7 Å². The number of aryl methyl sites for hydroxylation is 1. The molecule has 1 amide bonds. The van der Waals surface area contributed by atoms with Gasteiger partial charge in [-0.05, 0) is 36.6 Å². The first-order valence-electron chi connectivity index (χ1n) is 9.24. The summed E-state index contributed by atoms with van der Waals surface area (Å²) < 4.78 is 5.37. The van der Waals surface area contributed by atoms with E-state index in [2.05, 4.69) is 9.88 Å². The van der Waals surface area contributed by atoms with Crippen LogP contribution in [0.1, 0.15) is 12.1 Å². The molecule has 0 unspecified atom stereocenters. The van der Waals surface area contributed by atoms with Gasteiger partial charge in [0.15, 0.2) is 0 Å². The molecule has 1 N–H and O–H groups in total. The zero-order valence-electron chi connectivity index (χ0n) is 15.9. The first-order valence-corrected chi connectivity index (χ1v) is 9.24. The lowest BCUT2D eigenvalue weighted by atomic mass is 10.2. The maximum Gasteiger partial charge on any atom is 0.295 e. The minimum atomic E-state index is -0.231. The Labute approximate surface area is 162 Å². The predicted molar refractivity (Wildman–Crippen MR) is 111 cm³/mol. The highest BCUT2D eigenvalue weighted by atomic mass is 16.2. The maximum absolute atomic E-state index is 12.9. The van der Waals surface area contributed by atoms with Gasteiger partial charge in [0.05, 0.1) is 11.4 Å². The van der Waals surface area contributed by atoms with Crippen LogP contribution in [-0.2, 0) is 18.4 Å². The molecule has 0 atom stereocenters. The highest BCUT2D eigenvalue weighted by molar-refractivity contribution is 5.91. The summed E-state index contributed by atoms with van der Waals surface area (Å²) in [4.78, 5) is 25.4. The SMILES string of the molecule is Cc1c(NC(=O)CCn2ccc3ccccc32)c(=O)n(-c2ccccc2)n1C. The molecule has 6 nitrogen and oxygen atoms in total. The number of rotatable bonds is 5. The highest BCUT2D eigenvalue weighted by Crippen LogP contribution is 2.17. The van der Waals surface area contributed by atoms with E-state index >= 15 is 0 Å². The Morgan fingerprint density at radius 2 is 1.71 bits per heavy atom. The first-order chi connectivity index (χ1) is 13.6. The number of nitrogens with one attached hydrogen (secondary N) is 1. The lowest BCUT2D eigenvalue weighted by Crippen LogP contribution is -2.23. The summed E-state index contributed by atoms with van der Waals surface area (Å²) in [5.74, 6) is -0.177. The number of benzene rings is 2. The summed E-state index contributed by atoms with van der Waals surface area (Å²) in [6.45, 7) is 2.38. The zero-order chi connectivity index (χ0) is 19.7. The molecule has 6 heteroatoms. The third kappa shape index (κ3) is 3.13. The van der Waals surface area contributed by atoms with Gasteiger partial charge in [0.1, 0.15) is 5.69 Å². The molecule has 28 heavy (non-hydrogen) atoms. The first kappa shape index (κ1) is 17.9. The van der Waals surface area contributed by atoms with Crippen molar-refractivity contribution in [2.24, 2.45) is 7.05 Å². The van der Waals surface area contributed by atoms with Crippen LogP contribution in [0.2, 0.25) is 0 Å². The molecule has 0 aliphatic rings. The fourth-order valence-electron chi connectivity index (χ4n) is 3.47. The summed E-state index contributed by atoms with van der Waals surface area (Å²) in [6, 6.07) is 19.5. The van der Waals surface area contributed by atoms with Crippen LogP contribution in [0.3, 0.4) is 0 Å². The second-order valence-electron chi connectivity index (χ2n) is 6.80. The van der Waals surface area contributed by atoms with E-state index in [0.717, 1.165) is 16.6 Å². The van der Waals surface area contributed by atoms with Crippen molar-refractivity contribution in [1.82, 2.24) is 13.9 Å². The number of hydrogen-bond donors (Lipinski definition) is 1. The van der Waals surface area contributed by atoms with Crippen LogP contribution >= 0.6 is 0 Å². The molecule has 142 valence electrons. The van der Waals surface area contributed by atoms with Gasteiger partial charge >= 0.3 is 0 Å². The lowest BCUT2D eigenvalue weighted by Gasteiger charge is -2.07. The molecule has 0 aliphatic carbocycles. The van der Waals surface area contributed by atoms with E-state index in [0.29, 0.717) is 17.9 Å². The number of anilines is 1. The number of carbonyl (C=O) groups excluding carboxylic acids is 1. The van der Waals surface area contributed by atoms with Gasteiger partial charge in [-0.1, -0.05) is 36.4 Å². The minimum absolute atomic E-state index is 0.177. The molecule has 0 spiro atoms. The van der Waals surface area contributed by atoms with Crippen molar-refractivity contribution < 1.29 is 4.79 Å². The molecule has 0 aliphatic heterocycles. The van der Waals surface area contributed by atoms with Gasteiger partial charge in [-0.3, -0.25) is 14.3 Å². The van der Waals surface area contributed by atoms with Gasteiger partial charge in [-0.15, -0.1) is 0 Å². The Bertz CT molecular complexity index is 1200. The van der Waals surface area contributed by atoms with Crippen LogP contribution in [-0.4, -0.2) is 19.8 Å². The maximum atomic E-state index is 12.9. The number of amides is 1. The number of carbonyl (C=O) groups is 1. The molecule has 0 saturated heterocycles. The molecule has 2 aromatic carbocycles. The van der Waals surface area contributed by atoms with E-state index in [4.69, 9.17) is 0 Å². The van der Waals surface area contributed by atoms with E-state index in [1.54, 1.807) is 9.36 Å². The second kappa shape index (κ2) is 7.23. The summed E-state index contributed by atoms with van der Waals surface area (Å²) in [5.41, 5.74) is 2.67. The van der Waals surface area contributed by atoms with Crippen molar-refractivity contribution in [3.8, 4) is 5.69 Å². The van der Waals surface area contributed by atoms with Crippen LogP contribution in [0.25, 0.3) is 16.6 Å². The van der Waals surface area contributed by atoms with Gasteiger partial charge < -0.3 is 9.88 Å². The topological polar surface area (TPSA) is 61.0 Å². The van der Waals surface area contributed by atoms with Crippen LogP contribution in [0, 0.1) is 6.92 Å². The minimum Gasteiger partial charge on any atom is -0.347 e. The third-order valence-electron chi connectivity index (χ3n) is 5.08. The van der Waals surface area contributed by atoms with E-state index in [1.165, 1.54) is 0 Å². The van der Waals surface area contributed by atoms with Crippen molar-refractivity contribution in [2.75, 3.05) is 5.32 Å². The Kier molecular flexibility index (Phi) is 4.61. The fraction of sp³-hybridized carbons (Fsp3) is 0.182. The highest BCUT2D eigenvalue weighted by Gasteiger charge is 2.18.